The lowest BCUT2D eigenvalue weighted by molar-refractivity contribution is -0.0259. The molecular formula is C33H44F3N5O3S. The van der Waals surface area contributed by atoms with Gasteiger partial charge in [-0.3, -0.25) is 9.36 Å². The maximum atomic E-state index is 15.9. The first-order valence-corrected chi connectivity index (χ1v) is 17.9. The Kier molecular flexibility index (Phi) is 9.93. The molecule has 1 aromatic carbocycles. The molecule has 246 valence electrons. The molecule has 4 heterocycles. The first kappa shape index (κ1) is 33.4. The van der Waals surface area contributed by atoms with Crippen molar-refractivity contribution in [1.82, 2.24) is 19.4 Å². The fourth-order valence-corrected chi connectivity index (χ4v) is 8.08. The first-order valence-electron chi connectivity index (χ1n) is 16.0. The number of nitrogens with one attached hydrogen (secondary N) is 1. The van der Waals surface area contributed by atoms with Crippen molar-refractivity contribution in [2.24, 2.45) is 0 Å². The molecule has 8 nitrogen and oxygen atoms in total. The zero-order valence-electron chi connectivity index (χ0n) is 26.6. The second-order valence-corrected chi connectivity index (χ2v) is 15.2. The lowest BCUT2D eigenvalue weighted by Crippen LogP contribution is -2.33. The van der Waals surface area contributed by atoms with Crippen LogP contribution in [0.15, 0.2) is 29.1 Å². The molecule has 1 fully saturated rings. The van der Waals surface area contributed by atoms with Crippen LogP contribution in [0.3, 0.4) is 0 Å². The van der Waals surface area contributed by atoms with E-state index in [-0.39, 0.29) is 41.1 Å². The smallest absolute Gasteiger partial charge is 0.277 e. The number of alkyl halides is 2. The van der Waals surface area contributed by atoms with Crippen molar-refractivity contribution >= 4 is 26.7 Å². The Morgan fingerprint density at radius 2 is 1.69 bits per heavy atom. The second kappa shape index (κ2) is 13.4. The van der Waals surface area contributed by atoms with Crippen LogP contribution in [0.1, 0.15) is 99.7 Å². The van der Waals surface area contributed by atoms with Gasteiger partial charge in [0.25, 0.3) is 11.5 Å². The number of aromatic nitrogens is 3. The highest BCUT2D eigenvalue weighted by Gasteiger charge is 2.36. The highest BCUT2D eigenvalue weighted by Crippen LogP contribution is 2.37. The van der Waals surface area contributed by atoms with E-state index in [1.165, 1.54) is 12.1 Å². The SMILES string of the molecule is Cc1nc2c3cc(C4CCS(=O)(=O)CC4)c(=O)n(c3n1)CCCCCCC(C)N(C)CCC(F)(F)c1cccc(c1F)[C@@H](C)N2. The molecule has 0 saturated carbocycles. The number of aryl methyl sites for hydroxylation is 2. The van der Waals surface area contributed by atoms with Crippen molar-refractivity contribution in [2.45, 2.75) is 103 Å². The largest absolute Gasteiger partial charge is 0.363 e. The van der Waals surface area contributed by atoms with Crippen molar-refractivity contribution in [1.29, 1.82) is 0 Å². The summed E-state index contributed by atoms with van der Waals surface area (Å²) in [6.07, 6.45) is 4.53. The van der Waals surface area contributed by atoms with Crippen molar-refractivity contribution in [3.8, 4) is 0 Å². The molecule has 1 saturated heterocycles. The third kappa shape index (κ3) is 7.37. The Hall–Kier alpha value is -2.99. The van der Waals surface area contributed by atoms with Crippen LogP contribution in [-0.2, 0) is 22.3 Å². The van der Waals surface area contributed by atoms with Crippen molar-refractivity contribution < 1.29 is 21.6 Å². The predicted molar refractivity (Wildman–Crippen MR) is 171 cm³/mol. The Morgan fingerprint density at radius 3 is 2.42 bits per heavy atom. The Bertz CT molecular complexity index is 1700. The monoisotopic (exact) mass is 647 g/mol. The maximum Gasteiger partial charge on any atom is 0.277 e. The number of hydrogen-bond donors (Lipinski definition) is 1. The molecule has 12 heteroatoms. The average Bonchev–Trinajstić information content (AvgIpc) is 2.98. The van der Waals surface area contributed by atoms with Crippen LogP contribution >= 0.6 is 0 Å². The van der Waals surface area contributed by atoms with Crippen LogP contribution in [-0.4, -0.2) is 59.0 Å². The van der Waals surface area contributed by atoms with Gasteiger partial charge >= 0.3 is 0 Å². The van der Waals surface area contributed by atoms with Gasteiger partial charge in [-0.15, -0.1) is 0 Å². The molecular weight excluding hydrogens is 603 g/mol. The van der Waals surface area contributed by atoms with Crippen LogP contribution in [0.4, 0.5) is 19.0 Å². The van der Waals surface area contributed by atoms with Crippen molar-refractivity contribution in [3.05, 3.63) is 63.0 Å². The van der Waals surface area contributed by atoms with Crippen LogP contribution in [0.2, 0.25) is 0 Å². The molecule has 2 atom stereocenters. The van der Waals surface area contributed by atoms with Crippen LogP contribution in [0.25, 0.3) is 11.0 Å². The van der Waals surface area contributed by atoms with Gasteiger partial charge in [0.15, 0.2) is 0 Å². The molecule has 2 aliphatic heterocycles. The third-order valence-electron chi connectivity index (χ3n) is 9.61. The van der Waals surface area contributed by atoms with Gasteiger partial charge in [-0.05, 0) is 65.5 Å². The van der Waals surface area contributed by atoms with E-state index in [0.29, 0.717) is 47.6 Å². The lowest BCUT2D eigenvalue weighted by atomic mass is 9.93. The summed E-state index contributed by atoms with van der Waals surface area (Å²) in [5.41, 5.74) is 0.240. The number of benzene rings is 1. The summed E-state index contributed by atoms with van der Waals surface area (Å²) >= 11 is 0. The molecule has 2 aliphatic rings. The number of sulfone groups is 1. The van der Waals surface area contributed by atoms with E-state index in [4.69, 9.17) is 0 Å². The quantitative estimate of drug-likeness (QED) is 0.323. The minimum Gasteiger partial charge on any atom is -0.363 e. The zero-order chi connectivity index (χ0) is 32.5. The van der Waals surface area contributed by atoms with E-state index in [1.54, 1.807) is 24.5 Å². The molecule has 0 amide bonds. The molecule has 0 radical (unpaired) electrons. The van der Waals surface area contributed by atoms with Gasteiger partial charge in [-0.25, -0.2) is 31.6 Å². The predicted octanol–water partition coefficient (Wildman–Crippen LogP) is 6.47. The number of rotatable bonds is 1. The summed E-state index contributed by atoms with van der Waals surface area (Å²) in [6, 6.07) is 5.19. The molecule has 1 unspecified atom stereocenters. The lowest BCUT2D eigenvalue weighted by Gasteiger charge is -2.28. The van der Waals surface area contributed by atoms with Gasteiger partial charge in [0.05, 0.1) is 28.5 Å². The Labute approximate surface area is 263 Å². The molecule has 0 spiro atoms. The van der Waals surface area contributed by atoms with E-state index in [9.17, 15) is 13.2 Å². The fourth-order valence-electron chi connectivity index (χ4n) is 6.59. The molecule has 45 heavy (non-hydrogen) atoms. The van der Waals surface area contributed by atoms with E-state index >= 15 is 13.2 Å². The number of halogens is 3. The first-order chi connectivity index (χ1) is 21.3. The standard InChI is InChI=1S/C33H44F3N5O3S/c1-21-10-7-5-6-8-16-41-31-27(20-26(32(41)42)24-13-18-45(43,44)19-14-24)30(38-23(3)39-31)37-22(2)25-11-9-12-28(29(25)34)33(35,36)15-17-40(21)4/h9,11-12,20-22,24H,5-8,10,13-19H2,1-4H3,(H,37,38,39)/t21?,22-/m1/s1. The summed E-state index contributed by atoms with van der Waals surface area (Å²) < 4.78 is 72.8. The van der Waals surface area contributed by atoms with Gasteiger partial charge < -0.3 is 10.2 Å². The number of hydrogen-bond acceptors (Lipinski definition) is 7. The van der Waals surface area contributed by atoms with Crippen LogP contribution in [0, 0.1) is 12.7 Å². The zero-order valence-corrected chi connectivity index (χ0v) is 27.4. The third-order valence-corrected chi connectivity index (χ3v) is 11.3. The minimum absolute atomic E-state index is 0.0234. The summed E-state index contributed by atoms with van der Waals surface area (Å²) in [7, 11) is -1.31. The highest BCUT2D eigenvalue weighted by molar-refractivity contribution is 7.91. The maximum absolute atomic E-state index is 15.9. The van der Waals surface area contributed by atoms with E-state index in [0.717, 1.165) is 38.2 Å². The number of anilines is 1. The van der Waals surface area contributed by atoms with Crippen LogP contribution < -0.4 is 10.9 Å². The molecule has 3 aromatic rings. The number of nitrogens with zero attached hydrogens (tertiary/aromatic N) is 4. The highest BCUT2D eigenvalue weighted by atomic mass is 32.2. The number of pyridine rings is 1. The van der Waals surface area contributed by atoms with Crippen molar-refractivity contribution in [3.63, 3.8) is 0 Å². The van der Waals surface area contributed by atoms with Gasteiger partial charge in [0.1, 0.15) is 32.9 Å². The van der Waals surface area contributed by atoms with E-state index < -0.39 is 39.6 Å². The van der Waals surface area contributed by atoms with E-state index in [2.05, 4.69) is 15.3 Å². The topological polar surface area (TPSA) is 97.2 Å². The van der Waals surface area contributed by atoms with E-state index in [1.807, 2.05) is 18.9 Å². The molecule has 0 aliphatic carbocycles. The van der Waals surface area contributed by atoms with Crippen molar-refractivity contribution in [2.75, 3.05) is 30.4 Å². The summed E-state index contributed by atoms with van der Waals surface area (Å²) in [5.74, 6) is -3.73. The summed E-state index contributed by atoms with van der Waals surface area (Å²) in [4.78, 5) is 25.2. The van der Waals surface area contributed by atoms with Gasteiger partial charge in [-0.1, -0.05) is 37.5 Å². The van der Waals surface area contributed by atoms with Gasteiger partial charge in [-0.2, -0.15) is 0 Å². The Balaban J connectivity index is 1.62. The molecule has 2 aromatic heterocycles. The molecule has 6 bridgehead atoms. The normalized spacial score (nSPS) is 23.9. The molecule has 5 rings (SSSR count). The Morgan fingerprint density at radius 1 is 0.978 bits per heavy atom. The van der Waals surface area contributed by atoms with Gasteiger partial charge in [0, 0.05) is 36.7 Å². The molecule has 1 N–H and O–H groups in total. The van der Waals surface area contributed by atoms with Crippen LogP contribution in [0.5, 0.6) is 0 Å². The fraction of sp³-hybridized carbons (Fsp3) is 0.606. The second-order valence-electron chi connectivity index (χ2n) is 12.9. The summed E-state index contributed by atoms with van der Waals surface area (Å²) in [5, 5.41) is 3.80. The average molecular weight is 648 g/mol. The minimum atomic E-state index is -3.36. The van der Waals surface area contributed by atoms with Gasteiger partial charge in [0.2, 0.25) is 0 Å². The summed E-state index contributed by atoms with van der Waals surface area (Å²) in [6.45, 7) is 6.00. The number of fused-ring (bicyclic) bond motifs is 2.